The Morgan fingerprint density at radius 3 is 2.88 bits per heavy atom. The molecule has 1 aromatic heterocycles. The molecule has 1 heterocycles. The number of nitrogens with zero attached hydrogens (tertiary/aromatic N) is 1. The Hall–Kier alpha value is -1.75. The summed E-state index contributed by atoms with van der Waals surface area (Å²) in [4.78, 5) is 12.9. The second kappa shape index (κ2) is 5.05. The molecule has 1 amide bonds. The van der Waals surface area contributed by atoms with Gasteiger partial charge in [0.2, 0.25) is 0 Å². The molecule has 0 aliphatic rings. The van der Waals surface area contributed by atoms with Crippen LogP contribution in [0.2, 0.25) is 0 Å². The van der Waals surface area contributed by atoms with Gasteiger partial charge in [0.15, 0.2) is 5.82 Å². The van der Waals surface area contributed by atoms with E-state index >= 15 is 0 Å². The predicted molar refractivity (Wildman–Crippen MR) is 67.4 cm³/mol. The van der Waals surface area contributed by atoms with E-state index in [0.717, 1.165) is 4.90 Å². The Balaban J connectivity index is 2.14. The molecule has 88 valence electrons. The number of carbonyl (C=O) groups is 1. The molecule has 1 N–H and O–H groups in total. The van der Waals surface area contributed by atoms with Crippen LogP contribution in [0.4, 0.5) is 5.82 Å². The molecule has 0 saturated heterocycles. The van der Waals surface area contributed by atoms with Gasteiger partial charge in [0, 0.05) is 16.5 Å². The summed E-state index contributed by atoms with van der Waals surface area (Å²) in [5, 5.41) is 6.39. The van der Waals surface area contributed by atoms with E-state index in [0.29, 0.717) is 17.1 Å². The molecule has 0 saturated carbocycles. The molecule has 17 heavy (non-hydrogen) atoms. The van der Waals surface area contributed by atoms with Gasteiger partial charge in [-0.2, -0.15) is 0 Å². The molecule has 1 aromatic carbocycles. The number of hydrogen-bond acceptors (Lipinski definition) is 4. The smallest absolute Gasteiger partial charge is 0.256 e. The van der Waals surface area contributed by atoms with Gasteiger partial charge in [0.05, 0.1) is 0 Å². The fourth-order valence-electron chi connectivity index (χ4n) is 1.38. The van der Waals surface area contributed by atoms with Crippen LogP contribution < -0.4 is 5.32 Å². The monoisotopic (exact) mass is 248 g/mol. The molecule has 4 nitrogen and oxygen atoms in total. The molecule has 0 bridgehead atoms. The lowest BCUT2D eigenvalue weighted by Crippen LogP contribution is -2.11. The molecule has 5 heteroatoms. The minimum atomic E-state index is -0.186. The van der Waals surface area contributed by atoms with E-state index in [1.165, 1.54) is 0 Å². The van der Waals surface area contributed by atoms with Gasteiger partial charge < -0.3 is 9.84 Å². The van der Waals surface area contributed by atoms with E-state index in [1.54, 1.807) is 30.8 Å². The highest BCUT2D eigenvalue weighted by Gasteiger charge is 2.08. The zero-order valence-corrected chi connectivity index (χ0v) is 10.4. The van der Waals surface area contributed by atoms with Crippen molar-refractivity contribution >= 4 is 23.5 Å². The minimum Gasteiger partial charge on any atom is -0.360 e. The molecular weight excluding hydrogens is 236 g/mol. The third kappa shape index (κ3) is 2.88. The van der Waals surface area contributed by atoms with Crippen molar-refractivity contribution in [1.82, 2.24) is 5.16 Å². The van der Waals surface area contributed by atoms with Gasteiger partial charge in [-0.15, -0.1) is 11.8 Å². The largest absolute Gasteiger partial charge is 0.360 e. The molecule has 0 spiro atoms. The fourth-order valence-corrected chi connectivity index (χ4v) is 1.84. The molecule has 0 atom stereocenters. The highest BCUT2D eigenvalue weighted by molar-refractivity contribution is 7.98. The number of nitrogens with one attached hydrogen (secondary N) is 1. The highest BCUT2D eigenvalue weighted by atomic mass is 32.2. The molecule has 0 aliphatic heterocycles. The summed E-state index contributed by atoms with van der Waals surface area (Å²) in [5.74, 6) is 0.911. The van der Waals surface area contributed by atoms with Crippen LogP contribution in [0.5, 0.6) is 0 Å². The Bertz CT molecular complexity index is 537. The fraction of sp³-hybridized carbons (Fsp3) is 0.167. The first kappa shape index (κ1) is 11.7. The van der Waals surface area contributed by atoms with E-state index in [9.17, 15) is 4.79 Å². The molecule has 0 fully saturated rings. The number of carbonyl (C=O) groups excluding carboxylic acids is 1. The Morgan fingerprint density at radius 1 is 1.41 bits per heavy atom. The van der Waals surface area contributed by atoms with Gasteiger partial charge in [0.25, 0.3) is 5.91 Å². The lowest BCUT2D eigenvalue weighted by Gasteiger charge is -2.02. The standard InChI is InChI=1S/C12H12N2O2S/c1-8-6-11(14-16-8)13-12(15)9-4-3-5-10(7-9)17-2/h3-7H,1-2H3,(H,13,14,15). The number of anilines is 1. The van der Waals surface area contributed by atoms with Crippen LogP contribution in [0.3, 0.4) is 0 Å². The van der Waals surface area contributed by atoms with Gasteiger partial charge in [-0.05, 0) is 31.4 Å². The second-order valence-corrected chi connectivity index (χ2v) is 4.39. The maximum atomic E-state index is 11.9. The van der Waals surface area contributed by atoms with E-state index in [2.05, 4.69) is 10.5 Å². The van der Waals surface area contributed by atoms with Crippen LogP contribution >= 0.6 is 11.8 Å². The van der Waals surface area contributed by atoms with Crippen LogP contribution in [0.1, 0.15) is 16.1 Å². The quantitative estimate of drug-likeness (QED) is 0.848. The number of aromatic nitrogens is 1. The molecule has 0 unspecified atom stereocenters. The van der Waals surface area contributed by atoms with Crippen molar-refractivity contribution in [1.29, 1.82) is 0 Å². The number of aryl methyl sites for hydroxylation is 1. The zero-order chi connectivity index (χ0) is 12.3. The lowest BCUT2D eigenvalue weighted by atomic mass is 10.2. The van der Waals surface area contributed by atoms with Crippen molar-refractivity contribution in [2.45, 2.75) is 11.8 Å². The summed E-state index contributed by atoms with van der Waals surface area (Å²) in [6, 6.07) is 9.10. The van der Waals surface area contributed by atoms with Crippen molar-refractivity contribution < 1.29 is 9.32 Å². The van der Waals surface area contributed by atoms with Crippen LogP contribution in [0.25, 0.3) is 0 Å². The minimum absolute atomic E-state index is 0.186. The zero-order valence-electron chi connectivity index (χ0n) is 9.56. The number of benzene rings is 1. The lowest BCUT2D eigenvalue weighted by molar-refractivity contribution is 0.102. The first-order chi connectivity index (χ1) is 8.19. The van der Waals surface area contributed by atoms with E-state index in [1.807, 2.05) is 24.5 Å². The topological polar surface area (TPSA) is 55.1 Å². The van der Waals surface area contributed by atoms with Gasteiger partial charge in [-0.25, -0.2) is 0 Å². The second-order valence-electron chi connectivity index (χ2n) is 3.51. The van der Waals surface area contributed by atoms with Crippen molar-refractivity contribution in [3.63, 3.8) is 0 Å². The summed E-state index contributed by atoms with van der Waals surface area (Å²) in [6.07, 6.45) is 1.97. The van der Waals surface area contributed by atoms with Crippen LogP contribution in [0, 0.1) is 6.92 Å². The van der Waals surface area contributed by atoms with Crippen molar-refractivity contribution in [2.24, 2.45) is 0 Å². The normalized spacial score (nSPS) is 10.2. The first-order valence-electron chi connectivity index (χ1n) is 5.08. The van der Waals surface area contributed by atoms with Crippen molar-refractivity contribution in [3.05, 3.63) is 41.7 Å². The van der Waals surface area contributed by atoms with Crippen molar-refractivity contribution in [3.8, 4) is 0 Å². The van der Waals surface area contributed by atoms with Gasteiger partial charge in [-0.3, -0.25) is 4.79 Å². The summed E-state index contributed by atoms with van der Waals surface area (Å²) in [7, 11) is 0. The number of hydrogen-bond donors (Lipinski definition) is 1. The van der Waals surface area contributed by atoms with E-state index in [4.69, 9.17) is 4.52 Å². The molecule has 2 rings (SSSR count). The van der Waals surface area contributed by atoms with Gasteiger partial charge in [-0.1, -0.05) is 11.2 Å². The summed E-state index contributed by atoms with van der Waals surface area (Å²) in [6.45, 7) is 1.77. The van der Waals surface area contributed by atoms with E-state index < -0.39 is 0 Å². The predicted octanol–water partition coefficient (Wildman–Crippen LogP) is 2.96. The van der Waals surface area contributed by atoms with Crippen LogP contribution in [-0.4, -0.2) is 17.3 Å². The maximum absolute atomic E-state index is 11.9. The number of amides is 1. The van der Waals surface area contributed by atoms with Crippen molar-refractivity contribution in [2.75, 3.05) is 11.6 Å². The van der Waals surface area contributed by atoms with Gasteiger partial charge in [0.1, 0.15) is 5.76 Å². The SMILES string of the molecule is CSc1cccc(C(=O)Nc2cc(C)on2)c1. The van der Waals surface area contributed by atoms with Crippen LogP contribution in [-0.2, 0) is 0 Å². The molecule has 2 aromatic rings. The summed E-state index contributed by atoms with van der Waals surface area (Å²) < 4.78 is 4.88. The third-order valence-corrected chi connectivity index (χ3v) is 2.93. The summed E-state index contributed by atoms with van der Waals surface area (Å²) >= 11 is 1.60. The van der Waals surface area contributed by atoms with Gasteiger partial charge >= 0.3 is 0 Å². The average molecular weight is 248 g/mol. The third-order valence-electron chi connectivity index (χ3n) is 2.20. The number of thioether (sulfide) groups is 1. The Morgan fingerprint density at radius 2 is 2.24 bits per heavy atom. The van der Waals surface area contributed by atoms with E-state index in [-0.39, 0.29) is 5.91 Å². The summed E-state index contributed by atoms with van der Waals surface area (Å²) in [5.41, 5.74) is 0.609. The highest BCUT2D eigenvalue weighted by Crippen LogP contribution is 2.17. The molecule has 0 aliphatic carbocycles. The van der Waals surface area contributed by atoms with Crippen LogP contribution in [0.15, 0.2) is 39.8 Å². The average Bonchev–Trinajstić information content (AvgIpc) is 2.75. The number of rotatable bonds is 3. The first-order valence-corrected chi connectivity index (χ1v) is 6.30. The Labute approximate surface area is 103 Å². The Kier molecular flexibility index (Phi) is 3.49. The maximum Gasteiger partial charge on any atom is 0.256 e. The molecular formula is C12H12N2O2S. The molecule has 0 radical (unpaired) electrons.